The van der Waals surface area contributed by atoms with Gasteiger partial charge >= 0.3 is 0 Å². The van der Waals surface area contributed by atoms with E-state index in [4.69, 9.17) is 4.74 Å². The summed E-state index contributed by atoms with van der Waals surface area (Å²) in [5, 5.41) is 22.1. The summed E-state index contributed by atoms with van der Waals surface area (Å²) in [4.78, 5) is 0. The predicted octanol–water partition coefficient (Wildman–Crippen LogP) is 2.98. The van der Waals surface area contributed by atoms with Crippen LogP contribution < -0.4 is 9.47 Å². The lowest BCUT2D eigenvalue weighted by atomic mass is 10.0. The molecular weight excluding hydrogens is 298 g/mol. The van der Waals surface area contributed by atoms with Crippen molar-refractivity contribution in [3.8, 4) is 5.75 Å². The van der Waals surface area contributed by atoms with Crippen molar-refractivity contribution >= 4 is 11.8 Å². The Labute approximate surface area is 135 Å². The molecule has 0 radical (unpaired) electrons. The minimum absolute atomic E-state index is 0.211. The summed E-state index contributed by atoms with van der Waals surface area (Å²) >= 11 is 1.32. The van der Waals surface area contributed by atoms with Gasteiger partial charge in [-0.25, -0.2) is 0 Å². The molecule has 1 unspecified atom stereocenters. The highest BCUT2D eigenvalue weighted by atomic mass is 32.2. The second-order valence-electron chi connectivity index (χ2n) is 5.33. The van der Waals surface area contributed by atoms with Crippen molar-refractivity contribution in [1.29, 1.82) is 0 Å². The van der Waals surface area contributed by atoms with Crippen molar-refractivity contribution in [2.24, 2.45) is 0 Å². The highest BCUT2D eigenvalue weighted by molar-refractivity contribution is 7.99. The van der Waals surface area contributed by atoms with E-state index >= 15 is 0 Å². The Kier molecular flexibility index (Phi) is 6.10. The molecule has 1 atom stereocenters. The number of ether oxygens (including phenoxy) is 1. The number of hydrogen-bond acceptors (Lipinski definition) is 4. The smallest absolute Gasteiger partial charge is 0.251 e. The molecule has 2 rings (SSSR count). The molecule has 5 heteroatoms. The van der Waals surface area contributed by atoms with E-state index in [1.54, 1.807) is 18.2 Å². The zero-order chi connectivity index (χ0) is 15.9. The van der Waals surface area contributed by atoms with Gasteiger partial charge in [0.15, 0.2) is 6.20 Å². The van der Waals surface area contributed by atoms with E-state index in [1.807, 2.05) is 24.3 Å². The van der Waals surface area contributed by atoms with Gasteiger partial charge in [0.1, 0.15) is 12.4 Å². The number of thioether (sulfide) groups is 1. The van der Waals surface area contributed by atoms with E-state index < -0.39 is 6.10 Å². The first-order valence-corrected chi connectivity index (χ1v) is 8.27. The number of aliphatic hydroxyl groups excluding tert-OH is 1. The van der Waals surface area contributed by atoms with Gasteiger partial charge in [0.25, 0.3) is 5.03 Å². The van der Waals surface area contributed by atoms with E-state index in [9.17, 15) is 10.3 Å². The summed E-state index contributed by atoms with van der Waals surface area (Å²) in [7, 11) is 0. The Morgan fingerprint density at radius 1 is 1.18 bits per heavy atom. The summed E-state index contributed by atoms with van der Waals surface area (Å²) in [6.07, 6.45) is 0.815. The van der Waals surface area contributed by atoms with Crippen LogP contribution in [-0.2, 0) is 0 Å². The zero-order valence-corrected chi connectivity index (χ0v) is 13.6. The standard InChI is InChI=1S/C17H21NO3S/c1-13(2)15-7-3-4-8-16(15)21-11-14(19)12-22-17-9-5-6-10-18(17)20/h3-10,13-14,19H,11-12H2,1-2H3. The van der Waals surface area contributed by atoms with E-state index in [0.717, 1.165) is 16.0 Å². The van der Waals surface area contributed by atoms with Crippen LogP contribution in [0.4, 0.5) is 0 Å². The lowest BCUT2D eigenvalue weighted by molar-refractivity contribution is -0.645. The lowest BCUT2D eigenvalue weighted by Crippen LogP contribution is -2.29. The quantitative estimate of drug-likeness (QED) is 0.484. The topological polar surface area (TPSA) is 56.4 Å². The molecule has 0 aliphatic carbocycles. The number of para-hydroxylation sites is 1. The molecule has 4 nitrogen and oxygen atoms in total. The van der Waals surface area contributed by atoms with E-state index in [-0.39, 0.29) is 6.61 Å². The molecule has 2 aromatic rings. The fourth-order valence-electron chi connectivity index (χ4n) is 2.03. The van der Waals surface area contributed by atoms with Crippen LogP contribution >= 0.6 is 11.8 Å². The molecule has 0 amide bonds. The maximum Gasteiger partial charge on any atom is 0.251 e. The SMILES string of the molecule is CC(C)c1ccccc1OCC(O)CSc1cccc[n+]1[O-]. The third-order valence-electron chi connectivity index (χ3n) is 3.18. The van der Waals surface area contributed by atoms with Gasteiger partial charge < -0.3 is 15.1 Å². The fourth-order valence-corrected chi connectivity index (χ4v) is 2.85. The summed E-state index contributed by atoms with van der Waals surface area (Å²) in [5.74, 6) is 1.59. The first-order chi connectivity index (χ1) is 10.6. The Hall–Kier alpha value is -1.72. The normalized spacial score (nSPS) is 12.4. The number of rotatable bonds is 7. The van der Waals surface area contributed by atoms with Crippen LogP contribution in [0.1, 0.15) is 25.3 Å². The lowest BCUT2D eigenvalue weighted by Gasteiger charge is -2.16. The molecule has 0 saturated carbocycles. The van der Waals surface area contributed by atoms with Gasteiger partial charge in [0, 0.05) is 17.9 Å². The second-order valence-corrected chi connectivity index (χ2v) is 6.37. The molecule has 0 spiro atoms. The molecule has 0 aliphatic rings. The number of aromatic nitrogens is 1. The number of nitrogens with zero attached hydrogens (tertiary/aromatic N) is 1. The van der Waals surface area contributed by atoms with Crippen molar-refractivity contribution in [2.45, 2.75) is 30.9 Å². The Morgan fingerprint density at radius 2 is 1.91 bits per heavy atom. The molecule has 0 aliphatic heterocycles. The van der Waals surface area contributed by atoms with Crippen LogP contribution in [0.5, 0.6) is 5.75 Å². The molecule has 1 N–H and O–H groups in total. The molecule has 0 bridgehead atoms. The molecule has 1 aromatic carbocycles. The Balaban J connectivity index is 1.86. The minimum Gasteiger partial charge on any atom is -0.618 e. The average molecular weight is 319 g/mol. The molecule has 0 saturated heterocycles. The van der Waals surface area contributed by atoms with Crippen LogP contribution in [0.25, 0.3) is 0 Å². The van der Waals surface area contributed by atoms with Crippen molar-refractivity contribution in [2.75, 3.05) is 12.4 Å². The van der Waals surface area contributed by atoms with Crippen LogP contribution in [0.2, 0.25) is 0 Å². The monoisotopic (exact) mass is 319 g/mol. The van der Waals surface area contributed by atoms with Crippen LogP contribution in [0.15, 0.2) is 53.7 Å². The first-order valence-electron chi connectivity index (χ1n) is 7.28. The first kappa shape index (κ1) is 16.6. The number of hydrogen-bond donors (Lipinski definition) is 1. The average Bonchev–Trinajstić information content (AvgIpc) is 2.52. The predicted molar refractivity (Wildman–Crippen MR) is 88.2 cm³/mol. The molecule has 118 valence electrons. The third-order valence-corrected chi connectivity index (χ3v) is 4.35. The van der Waals surface area contributed by atoms with Gasteiger partial charge in [-0.2, -0.15) is 4.73 Å². The third kappa shape index (κ3) is 4.64. The maximum absolute atomic E-state index is 11.5. The largest absolute Gasteiger partial charge is 0.618 e. The second kappa shape index (κ2) is 8.06. The molecular formula is C17H21NO3S. The minimum atomic E-state index is -0.634. The zero-order valence-electron chi connectivity index (χ0n) is 12.8. The highest BCUT2D eigenvalue weighted by Crippen LogP contribution is 2.26. The molecule has 0 fully saturated rings. The van der Waals surface area contributed by atoms with Crippen molar-refractivity contribution in [3.63, 3.8) is 0 Å². The van der Waals surface area contributed by atoms with E-state index in [2.05, 4.69) is 13.8 Å². The molecule has 1 aromatic heterocycles. The van der Waals surface area contributed by atoms with Gasteiger partial charge in [-0.3, -0.25) is 0 Å². The van der Waals surface area contributed by atoms with Gasteiger partial charge in [-0.15, -0.1) is 0 Å². The van der Waals surface area contributed by atoms with Crippen molar-refractivity contribution < 1.29 is 14.6 Å². The van der Waals surface area contributed by atoms with E-state index in [0.29, 0.717) is 16.7 Å². The van der Waals surface area contributed by atoms with Crippen molar-refractivity contribution in [1.82, 2.24) is 0 Å². The van der Waals surface area contributed by atoms with Gasteiger partial charge in [-0.05, 0) is 23.6 Å². The van der Waals surface area contributed by atoms with Crippen molar-refractivity contribution in [3.05, 3.63) is 59.4 Å². The highest BCUT2D eigenvalue weighted by Gasteiger charge is 2.12. The van der Waals surface area contributed by atoms with Crippen LogP contribution in [-0.4, -0.2) is 23.6 Å². The summed E-state index contributed by atoms with van der Waals surface area (Å²) < 4.78 is 6.53. The summed E-state index contributed by atoms with van der Waals surface area (Å²) in [6, 6.07) is 13.1. The fraction of sp³-hybridized carbons (Fsp3) is 0.353. The molecule has 1 heterocycles. The molecule has 22 heavy (non-hydrogen) atoms. The summed E-state index contributed by atoms with van der Waals surface area (Å²) in [5.41, 5.74) is 1.13. The van der Waals surface area contributed by atoms with Crippen LogP contribution in [0.3, 0.4) is 0 Å². The number of aliphatic hydroxyl groups is 1. The van der Waals surface area contributed by atoms with E-state index in [1.165, 1.54) is 18.0 Å². The van der Waals surface area contributed by atoms with Crippen LogP contribution in [0, 0.1) is 5.21 Å². The summed E-state index contributed by atoms with van der Waals surface area (Å²) in [6.45, 7) is 4.43. The van der Waals surface area contributed by atoms with Gasteiger partial charge in [-0.1, -0.05) is 43.8 Å². The van der Waals surface area contributed by atoms with Gasteiger partial charge in [0.2, 0.25) is 0 Å². The Bertz CT molecular complexity index is 604. The number of pyridine rings is 1. The maximum atomic E-state index is 11.5. The Morgan fingerprint density at radius 3 is 2.64 bits per heavy atom. The van der Waals surface area contributed by atoms with Gasteiger partial charge in [0.05, 0.1) is 6.10 Å². The number of benzene rings is 1.